The summed E-state index contributed by atoms with van der Waals surface area (Å²) in [7, 11) is 2.02. The molecule has 1 aliphatic carbocycles. The van der Waals surface area contributed by atoms with E-state index in [1.807, 2.05) is 42.8 Å². The molecule has 6 nitrogen and oxygen atoms in total. The fraction of sp³-hybridized carbons (Fsp3) is 0.333. The molecule has 134 valence electrons. The number of amides is 1. The standard InChI is InChI=1S/C18H19N5OS2/c1-12(24)23(15-6-4-3-5-7-15)17-19-14(10-25-17)11-26-18-21-20-16(22(18)2)13-8-9-13/h3-7,10,13H,8-9,11H2,1-2H3. The molecule has 0 aliphatic heterocycles. The molecule has 1 fully saturated rings. The zero-order valence-corrected chi connectivity index (χ0v) is 16.3. The van der Waals surface area contributed by atoms with Crippen LogP contribution in [0, 0.1) is 0 Å². The number of hydrogen-bond donors (Lipinski definition) is 0. The average Bonchev–Trinajstić information content (AvgIpc) is 3.26. The third kappa shape index (κ3) is 3.52. The molecule has 1 saturated carbocycles. The van der Waals surface area contributed by atoms with Gasteiger partial charge in [-0.25, -0.2) is 4.98 Å². The second-order valence-electron chi connectivity index (χ2n) is 6.27. The quantitative estimate of drug-likeness (QED) is 0.597. The predicted molar refractivity (Wildman–Crippen MR) is 104 cm³/mol. The molecule has 0 bridgehead atoms. The van der Waals surface area contributed by atoms with Gasteiger partial charge in [-0.1, -0.05) is 30.0 Å². The fourth-order valence-corrected chi connectivity index (χ4v) is 4.56. The van der Waals surface area contributed by atoms with Gasteiger partial charge >= 0.3 is 0 Å². The van der Waals surface area contributed by atoms with Gasteiger partial charge in [0.15, 0.2) is 10.3 Å². The van der Waals surface area contributed by atoms with Crippen molar-refractivity contribution in [2.45, 2.75) is 36.6 Å². The van der Waals surface area contributed by atoms with Gasteiger partial charge in [-0.2, -0.15) is 0 Å². The van der Waals surface area contributed by atoms with Crippen molar-refractivity contribution in [3.63, 3.8) is 0 Å². The summed E-state index contributed by atoms with van der Waals surface area (Å²) in [5, 5.41) is 12.2. The maximum atomic E-state index is 12.1. The molecule has 0 N–H and O–H groups in total. The van der Waals surface area contributed by atoms with Crippen molar-refractivity contribution in [2.24, 2.45) is 7.05 Å². The van der Waals surface area contributed by atoms with Crippen LogP contribution in [0.15, 0.2) is 40.9 Å². The first-order valence-corrected chi connectivity index (χ1v) is 10.3. The van der Waals surface area contributed by atoms with E-state index >= 15 is 0 Å². The molecule has 0 saturated heterocycles. The zero-order valence-electron chi connectivity index (χ0n) is 14.6. The van der Waals surface area contributed by atoms with Crippen LogP contribution >= 0.6 is 23.1 Å². The smallest absolute Gasteiger partial charge is 0.230 e. The van der Waals surface area contributed by atoms with Crippen LogP contribution in [0.4, 0.5) is 10.8 Å². The molecule has 8 heteroatoms. The first-order valence-electron chi connectivity index (χ1n) is 8.45. The summed E-state index contributed by atoms with van der Waals surface area (Å²) in [5.41, 5.74) is 1.77. The summed E-state index contributed by atoms with van der Waals surface area (Å²) in [4.78, 5) is 18.4. The number of carbonyl (C=O) groups is 1. The number of rotatable bonds is 6. The Balaban J connectivity index is 1.48. The lowest BCUT2D eigenvalue weighted by Crippen LogP contribution is -2.22. The van der Waals surface area contributed by atoms with E-state index in [4.69, 9.17) is 0 Å². The Labute approximate surface area is 160 Å². The zero-order chi connectivity index (χ0) is 18.1. The number of aromatic nitrogens is 4. The van der Waals surface area contributed by atoms with E-state index in [-0.39, 0.29) is 5.91 Å². The van der Waals surface area contributed by atoms with Crippen molar-refractivity contribution in [3.05, 3.63) is 47.2 Å². The van der Waals surface area contributed by atoms with E-state index in [0.717, 1.165) is 22.4 Å². The molecule has 0 atom stereocenters. The van der Waals surface area contributed by atoms with Gasteiger partial charge in [0.05, 0.1) is 11.4 Å². The highest BCUT2D eigenvalue weighted by molar-refractivity contribution is 7.98. The van der Waals surface area contributed by atoms with Crippen molar-refractivity contribution < 1.29 is 4.79 Å². The van der Waals surface area contributed by atoms with E-state index in [1.54, 1.807) is 23.6 Å². The van der Waals surface area contributed by atoms with Crippen molar-refractivity contribution in [2.75, 3.05) is 4.90 Å². The largest absolute Gasteiger partial charge is 0.309 e. The Hall–Kier alpha value is -2.19. The molecule has 1 aliphatic rings. The molecule has 3 aromatic rings. The van der Waals surface area contributed by atoms with Crippen LogP contribution in [0.1, 0.15) is 37.2 Å². The third-order valence-corrected chi connectivity index (χ3v) is 6.15. The summed E-state index contributed by atoms with van der Waals surface area (Å²) < 4.78 is 2.08. The topological polar surface area (TPSA) is 63.9 Å². The van der Waals surface area contributed by atoms with Crippen molar-refractivity contribution in [1.29, 1.82) is 0 Å². The first-order chi connectivity index (χ1) is 12.6. The van der Waals surface area contributed by atoms with Crippen LogP contribution in [0.3, 0.4) is 0 Å². The van der Waals surface area contributed by atoms with Crippen LogP contribution in [0.2, 0.25) is 0 Å². The number of carbonyl (C=O) groups excluding carboxylic acids is 1. The number of anilines is 2. The molecule has 4 rings (SSSR count). The lowest BCUT2D eigenvalue weighted by Gasteiger charge is -2.17. The Morgan fingerprint density at radius 1 is 1.31 bits per heavy atom. The van der Waals surface area contributed by atoms with Gasteiger partial charge in [0.1, 0.15) is 5.82 Å². The fourth-order valence-electron chi connectivity index (χ4n) is 2.76. The Bertz CT molecular complexity index is 917. The minimum absolute atomic E-state index is 0.0490. The molecule has 0 radical (unpaired) electrons. The van der Waals surface area contributed by atoms with Crippen LogP contribution in [0.5, 0.6) is 0 Å². The summed E-state index contributed by atoms with van der Waals surface area (Å²) in [5.74, 6) is 2.32. The average molecular weight is 386 g/mol. The molecular weight excluding hydrogens is 366 g/mol. The molecule has 0 spiro atoms. The second-order valence-corrected chi connectivity index (χ2v) is 8.05. The number of thiazole rings is 1. The number of thioether (sulfide) groups is 1. The molecule has 26 heavy (non-hydrogen) atoms. The molecule has 0 unspecified atom stereocenters. The normalized spacial score (nSPS) is 13.8. The van der Waals surface area contributed by atoms with Crippen molar-refractivity contribution >= 4 is 39.8 Å². The maximum absolute atomic E-state index is 12.1. The van der Waals surface area contributed by atoms with Gasteiger partial charge in [0.2, 0.25) is 5.91 Å². The van der Waals surface area contributed by atoms with E-state index in [2.05, 4.69) is 19.7 Å². The van der Waals surface area contributed by atoms with Gasteiger partial charge in [-0.3, -0.25) is 9.69 Å². The minimum atomic E-state index is -0.0490. The van der Waals surface area contributed by atoms with Gasteiger partial charge in [-0.15, -0.1) is 21.5 Å². The Morgan fingerprint density at radius 3 is 2.77 bits per heavy atom. The maximum Gasteiger partial charge on any atom is 0.230 e. The number of benzene rings is 1. The minimum Gasteiger partial charge on any atom is -0.309 e. The number of para-hydroxylation sites is 1. The van der Waals surface area contributed by atoms with Crippen LogP contribution < -0.4 is 4.90 Å². The Morgan fingerprint density at radius 2 is 2.08 bits per heavy atom. The molecular formula is C18H19N5OS2. The second kappa shape index (κ2) is 7.20. The van der Waals surface area contributed by atoms with Crippen LogP contribution in [-0.4, -0.2) is 25.7 Å². The van der Waals surface area contributed by atoms with Gasteiger partial charge in [0.25, 0.3) is 0 Å². The van der Waals surface area contributed by atoms with E-state index < -0.39 is 0 Å². The number of nitrogens with zero attached hydrogens (tertiary/aromatic N) is 5. The highest BCUT2D eigenvalue weighted by Crippen LogP contribution is 2.39. The van der Waals surface area contributed by atoms with Crippen LogP contribution in [-0.2, 0) is 17.6 Å². The lowest BCUT2D eigenvalue weighted by molar-refractivity contribution is -0.115. The monoisotopic (exact) mass is 385 g/mol. The molecule has 1 aromatic carbocycles. The summed E-state index contributed by atoms with van der Waals surface area (Å²) in [6.07, 6.45) is 2.43. The number of hydrogen-bond acceptors (Lipinski definition) is 6. The summed E-state index contributed by atoms with van der Waals surface area (Å²) in [6.45, 7) is 1.56. The van der Waals surface area contributed by atoms with E-state index in [1.165, 1.54) is 24.2 Å². The van der Waals surface area contributed by atoms with Crippen LogP contribution in [0.25, 0.3) is 0 Å². The molecule has 2 aromatic heterocycles. The summed E-state index contributed by atoms with van der Waals surface area (Å²) >= 11 is 3.10. The third-order valence-electron chi connectivity index (χ3n) is 4.22. The Kier molecular flexibility index (Phi) is 4.78. The van der Waals surface area contributed by atoms with Crippen molar-refractivity contribution in [3.8, 4) is 0 Å². The van der Waals surface area contributed by atoms with Gasteiger partial charge in [-0.05, 0) is 25.0 Å². The highest BCUT2D eigenvalue weighted by atomic mass is 32.2. The highest BCUT2D eigenvalue weighted by Gasteiger charge is 2.29. The lowest BCUT2D eigenvalue weighted by atomic mass is 10.3. The van der Waals surface area contributed by atoms with Gasteiger partial charge in [0, 0.05) is 31.0 Å². The van der Waals surface area contributed by atoms with E-state index in [0.29, 0.717) is 16.8 Å². The molecule has 2 heterocycles. The predicted octanol–water partition coefficient (Wildman–Crippen LogP) is 4.13. The van der Waals surface area contributed by atoms with Gasteiger partial charge < -0.3 is 4.57 Å². The summed E-state index contributed by atoms with van der Waals surface area (Å²) in [6, 6.07) is 9.59. The van der Waals surface area contributed by atoms with E-state index in [9.17, 15) is 4.79 Å². The SMILES string of the molecule is CC(=O)N(c1ccccc1)c1nc(CSc2nnc(C3CC3)n2C)cs1. The first kappa shape index (κ1) is 17.2. The molecule has 1 amide bonds. The van der Waals surface area contributed by atoms with Crippen molar-refractivity contribution in [1.82, 2.24) is 19.7 Å².